The minimum atomic E-state index is 0.00735. The molecule has 0 amide bonds. The van der Waals surface area contributed by atoms with Crippen LogP contribution in [-0.2, 0) is 12.0 Å². The number of aryl methyl sites for hydroxylation is 1. The van der Waals surface area contributed by atoms with Gasteiger partial charge in [0.2, 0.25) is 0 Å². The summed E-state index contributed by atoms with van der Waals surface area (Å²) in [6.45, 7) is 8.72. The van der Waals surface area contributed by atoms with Gasteiger partial charge in [-0.1, -0.05) is 6.92 Å². The molecule has 3 heteroatoms. The summed E-state index contributed by atoms with van der Waals surface area (Å²) in [4.78, 5) is 4.69. The van der Waals surface area contributed by atoms with Crippen LogP contribution >= 0.6 is 0 Å². The van der Waals surface area contributed by atoms with Gasteiger partial charge in [-0.15, -0.1) is 0 Å². The molecule has 2 rings (SSSR count). The van der Waals surface area contributed by atoms with Crippen molar-refractivity contribution in [2.75, 3.05) is 0 Å². The van der Waals surface area contributed by atoms with E-state index in [1.165, 1.54) is 0 Å². The number of hydrogen-bond acceptors (Lipinski definition) is 2. The molecule has 1 aromatic carbocycles. The van der Waals surface area contributed by atoms with Gasteiger partial charge in [0.25, 0.3) is 0 Å². The van der Waals surface area contributed by atoms with Gasteiger partial charge in [-0.2, -0.15) is 5.26 Å². The predicted octanol–water partition coefficient (Wildman–Crippen LogP) is 3.62. The molecule has 0 aliphatic carbocycles. The molecule has 0 aliphatic heterocycles. The molecule has 1 aromatic heterocycles. The Balaban J connectivity index is 2.72. The second-order valence-corrected chi connectivity index (χ2v) is 5.60. The van der Waals surface area contributed by atoms with E-state index in [2.05, 4.69) is 43.3 Å². The van der Waals surface area contributed by atoms with Gasteiger partial charge in [0.05, 0.1) is 22.7 Å². The van der Waals surface area contributed by atoms with Crippen molar-refractivity contribution in [3.63, 3.8) is 0 Å². The third-order valence-electron chi connectivity index (χ3n) is 3.00. The van der Waals surface area contributed by atoms with E-state index in [0.717, 1.165) is 29.7 Å². The van der Waals surface area contributed by atoms with Crippen LogP contribution in [0.5, 0.6) is 0 Å². The van der Waals surface area contributed by atoms with Crippen molar-refractivity contribution in [1.29, 1.82) is 5.26 Å². The molecular formula is C15H19N3. The Hall–Kier alpha value is -1.82. The minimum Gasteiger partial charge on any atom is -0.323 e. The molecule has 0 N–H and O–H groups in total. The van der Waals surface area contributed by atoms with Gasteiger partial charge in [-0.05, 0) is 45.4 Å². The summed E-state index contributed by atoms with van der Waals surface area (Å²) in [5.74, 6) is 1.11. The first kappa shape index (κ1) is 12.6. The standard InChI is InChI=1S/C15H19N3/c1-5-6-14-17-12-9-11(10-16)7-8-13(12)18(14)15(2,3)4/h7-9H,5-6H2,1-4H3. The van der Waals surface area contributed by atoms with Crippen LogP contribution in [0.1, 0.15) is 45.5 Å². The molecule has 94 valence electrons. The van der Waals surface area contributed by atoms with E-state index >= 15 is 0 Å². The van der Waals surface area contributed by atoms with E-state index in [1.54, 1.807) is 0 Å². The molecular weight excluding hydrogens is 222 g/mol. The molecule has 2 aromatic rings. The highest BCUT2D eigenvalue weighted by Gasteiger charge is 2.20. The van der Waals surface area contributed by atoms with E-state index in [0.29, 0.717) is 5.56 Å². The molecule has 0 saturated heterocycles. The lowest BCUT2D eigenvalue weighted by atomic mass is 10.1. The lowest BCUT2D eigenvalue weighted by molar-refractivity contribution is 0.393. The Labute approximate surface area is 108 Å². The van der Waals surface area contributed by atoms with Gasteiger partial charge in [0, 0.05) is 12.0 Å². The van der Waals surface area contributed by atoms with E-state index in [-0.39, 0.29) is 5.54 Å². The zero-order chi connectivity index (χ0) is 13.3. The van der Waals surface area contributed by atoms with Crippen molar-refractivity contribution >= 4 is 11.0 Å². The first-order valence-corrected chi connectivity index (χ1v) is 6.39. The van der Waals surface area contributed by atoms with Crippen molar-refractivity contribution in [3.8, 4) is 6.07 Å². The SMILES string of the molecule is CCCc1nc2cc(C#N)ccc2n1C(C)(C)C. The smallest absolute Gasteiger partial charge is 0.110 e. The largest absolute Gasteiger partial charge is 0.323 e. The summed E-state index contributed by atoms with van der Waals surface area (Å²) in [6, 6.07) is 7.91. The molecule has 18 heavy (non-hydrogen) atoms. The highest BCUT2D eigenvalue weighted by molar-refractivity contribution is 5.78. The fourth-order valence-corrected chi connectivity index (χ4v) is 2.34. The molecule has 0 aliphatic rings. The third kappa shape index (κ3) is 2.11. The second-order valence-electron chi connectivity index (χ2n) is 5.60. The first-order chi connectivity index (χ1) is 8.47. The zero-order valence-electron chi connectivity index (χ0n) is 11.5. The Morgan fingerprint density at radius 1 is 1.33 bits per heavy atom. The molecule has 0 atom stereocenters. The van der Waals surface area contributed by atoms with Crippen LogP contribution in [0.4, 0.5) is 0 Å². The van der Waals surface area contributed by atoms with Crippen molar-refractivity contribution in [1.82, 2.24) is 9.55 Å². The van der Waals surface area contributed by atoms with Crippen LogP contribution in [0.2, 0.25) is 0 Å². The number of rotatable bonds is 2. The highest BCUT2D eigenvalue weighted by atomic mass is 15.1. The van der Waals surface area contributed by atoms with Crippen LogP contribution in [0, 0.1) is 11.3 Å². The molecule has 0 saturated carbocycles. The lowest BCUT2D eigenvalue weighted by Gasteiger charge is -2.24. The maximum absolute atomic E-state index is 8.95. The normalized spacial score (nSPS) is 11.7. The first-order valence-electron chi connectivity index (χ1n) is 6.39. The fraction of sp³-hybridized carbons (Fsp3) is 0.467. The molecule has 0 unspecified atom stereocenters. The molecule has 0 spiro atoms. The summed E-state index contributed by atoms with van der Waals surface area (Å²) in [5, 5.41) is 8.95. The van der Waals surface area contributed by atoms with Crippen molar-refractivity contribution < 1.29 is 0 Å². The summed E-state index contributed by atoms with van der Waals surface area (Å²) in [6.07, 6.45) is 2.04. The van der Waals surface area contributed by atoms with Crippen molar-refractivity contribution in [2.24, 2.45) is 0 Å². The zero-order valence-corrected chi connectivity index (χ0v) is 11.5. The molecule has 0 bridgehead atoms. The van der Waals surface area contributed by atoms with Crippen molar-refractivity contribution in [3.05, 3.63) is 29.6 Å². The molecule has 0 radical (unpaired) electrons. The Kier molecular flexibility index (Phi) is 3.13. The average Bonchev–Trinajstić information content (AvgIpc) is 2.65. The number of nitrogens with zero attached hydrogens (tertiary/aromatic N) is 3. The molecule has 1 heterocycles. The third-order valence-corrected chi connectivity index (χ3v) is 3.00. The summed E-state index contributed by atoms with van der Waals surface area (Å²) < 4.78 is 2.28. The Morgan fingerprint density at radius 3 is 2.61 bits per heavy atom. The number of benzene rings is 1. The van der Waals surface area contributed by atoms with Gasteiger partial charge >= 0.3 is 0 Å². The van der Waals surface area contributed by atoms with Crippen LogP contribution in [0.15, 0.2) is 18.2 Å². The Morgan fingerprint density at radius 2 is 2.06 bits per heavy atom. The second kappa shape index (κ2) is 4.45. The van der Waals surface area contributed by atoms with Crippen LogP contribution in [-0.4, -0.2) is 9.55 Å². The van der Waals surface area contributed by atoms with E-state index in [1.807, 2.05) is 18.2 Å². The van der Waals surface area contributed by atoms with E-state index < -0.39 is 0 Å². The summed E-state index contributed by atoms with van der Waals surface area (Å²) in [7, 11) is 0. The van der Waals surface area contributed by atoms with Crippen molar-refractivity contribution in [2.45, 2.75) is 46.1 Å². The number of fused-ring (bicyclic) bond motifs is 1. The van der Waals surface area contributed by atoms with Gasteiger partial charge in [-0.25, -0.2) is 4.98 Å². The van der Waals surface area contributed by atoms with Gasteiger partial charge in [0.1, 0.15) is 5.82 Å². The number of hydrogen-bond donors (Lipinski definition) is 0. The van der Waals surface area contributed by atoms with Crippen LogP contribution in [0.25, 0.3) is 11.0 Å². The topological polar surface area (TPSA) is 41.6 Å². The van der Waals surface area contributed by atoms with Gasteiger partial charge in [-0.3, -0.25) is 0 Å². The quantitative estimate of drug-likeness (QED) is 0.805. The predicted molar refractivity (Wildman–Crippen MR) is 73.4 cm³/mol. The monoisotopic (exact) mass is 241 g/mol. The molecule has 3 nitrogen and oxygen atoms in total. The van der Waals surface area contributed by atoms with Gasteiger partial charge < -0.3 is 4.57 Å². The van der Waals surface area contributed by atoms with Crippen LogP contribution < -0.4 is 0 Å². The number of imidazole rings is 1. The lowest BCUT2D eigenvalue weighted by Crippen LogP contribution is -2.24. The Bertz CT molecular complexity index is 609. The number of aromatic nitrogens is 2. The fourth-order valence-electron chi connectivity index (χ4n) is 2.34. The molecule has 0 fully saturated rings. The minimum absolute atomic E-state index is 0.00735. The maximum Gasteiger partial charge on any atom is 0.110 e. The van der Waals surface area contributed by atoms with Gasteiger partial charge in [0.15, 0.2) is 0 Å². The van der Waals surface area contributed by atoms with E-state index in [9.17, 15) is 0 Å². The highest BCUT2D eigenvalue weighted by Crippen LogP contribution is 2.26. The summed E-state index contributed by atoms with van der Waals surface area (Å²) in [5.41, 5.74) is 2.72. The van der Waals surface area contributed by atoms with E-state index in [4.69, 9.17) is 5.26 Å². The van der Waals surface area contributed by atoms with Crippen LogP contribution in [0.3, 0.4) is 0 Å². The number of nitriles is 1. The maximum atomic E-state index is 8.95. The average molecular weight is 241 g/mol. The summed E-state index contributed by atoms with van der Waals surface area (Å²) >= 11 is 0.